The molecular formula is C15H29NO11. The van der Waals surface area contributed by atoms with Crippen LogP contribution in [0.2, 0.25) is 0 Å². The minimum Gasteiger partial charge on any atom is -0.394 e. The largest absolute Gasteiger partial charge is 0.394 e. The topological polar surface area (TPSA) is 205 Å². The van der Waals surface area contributed by atoms with Crippen LogP contribution < -0.4 is 5.73 Å². The van der Waals surface area contributed by atoms with Crippen molar-refractivity contribution < 1.29 is 54.7 Å². The molecule has 27 heavy (non-hydrogen) atoms. The maximum absolute atomic E-state index is 10.4. The van der Waals surface area contributed by atoms with Crippen LogP contribution in [0.1, 0.15) is 6.42 Å². The van der Waals surface area contributed by atoms with Crippen LogP contribution in [0, 0.1) is 0 Å². The fourth-order valence-electron chi connectivity index (χ4n) is 3.00. The third-order valence-electron chi connectivity index (χ3n) is 4.57. The number of aliphatic hydroxyl groups excluding tert-OH is 7. The first-order chi connectivity index (χ1) is 12.8. The first kappa shape index (κ1) is 22.8. The Bertz CT molecular complexity index is 444. The van der Waals surface area contributed by atoms with E-state index in [4.69, 9.17) is 29.8 Å². The normalized spacial score (nSPS) is 43.8. The lowest BCUT2D eigenvalue weighted by atomic mass is 9.98. The fourth-order valence-corrected chi connectivity index (χ4v) is 3.00. The van der Waals surface area contributed by atoms with Crippen LogP contribution in [0.15, 0.2) is 0 Å². The summed E-state index contributed by atoms with van der Waals surface area (Å²) in [6.07, 6.45) is -13.7. The standard InChI is InChI=1S/C15H29NO11/c16-2-1-3-24-14-11(23)13(8(20)7(5-18)25-14)27-15-10(22)9(21)12(26-15)6(19)4-17/h6-15,17-23H,1-5,16H2/t6-,7-,8-,9-,10-,11+,12+,13+,14-,15-/m1/s1. The number of ether oxygens (including phenoxy) is 4. The van der Waals surface area contributed by atoms with Gasteiger partial charge < -0.3 is 60.4 Å². The smallest absolute Gasteiger partial charge is 0.187 e. The molecule has 0 bridgehead atoms. The summed E-state index contributed by atoms with van der Waals surface area (Å²) < 4.78 is 21.3. The molecule has 0 aromatic heterocycles. The summed E-state index contributed by atoms with van der Waals surface area (Å²) >= 11 is 0. The van der Waals surface area contributed by atoms with Crippen LogP contribution in [-0.2, 0) is 18.9 Å². The van der Waals surface area contributed by atoms with E-state index in [-0.39, 0.29) is 6.61 Å². The van der Waals surface area contributed by atoms with Crippen molar-refractivity contribution in [2.24, 2.45) is 5.73 Å². The van der Waals surface area contributed by atoms with Crippen molar-refractivity contribution in [3.8, 4) is 0 Å². The molecule has 10 atom stereocenters. The van der Waals surface area contributed by atoms with Crippen LogP contribution in [-0.4, -0.2) is 124 Å². The quantitative estimate of drug-likeness (QED) is 0.172. The molecule has 2 rings (SSSR count). The molecule has 2 fully saturated rings. The lowest BCUT2D eigenvalue weighted by Crippen LogP contribution is -2.61. The van der Waals surface area contributed by atoms with E-state index < -0.39 is 74.6 Å². The van der Waals surface area contributed by atoms with Crippen molar-refractivity contribution in [1.29, 1.82) is 0 Å². The van der Waals surface area contributed by atoms with Crippen molar-refractivity contribution in [1.82, 2.24) is 0 Å². The van der Waals surface area contributed by atoms with E-state index in [0.717, 1.165) is 0 Å². The monoisotopic (exact) mass is 399 g/mol. The molecule has 160 valence electrons. The third-order valence-corrected chi connectivity index (χ3v) is 4.57. The predicted octanol–water partition coefficient (Wildman–Crippen LogP) is -5.02. The second-order valence-corrected chi connectivity index (χ2v) is 6.52. The number of aliphatic hydroxyl groups is 7. The van der Waals surface area contributed by atoms with E-state index in [1.54, 1.807) is 0 Å². The summed E-state index contributed by atoms with van der Waals surface area (Å²) in [5, 5.41) is 68.7. The van der Waals surface area contributed by atoms with Crippen molar-refractivity contribution >= 4 is 0 Å². The van der Waals surface area contributed by atoms with E-state index in [0.29, 0.717) is 13.0 Å². The molecular weight excluding hydrogens is 370 g/mol. The van der Waals surface area contributed by atoms with E-state index in [1.165, 1.54) is 0 Å². The van der Waals surface area contributed by atoms with Crippen molar-refractivity contribution in [3.05, 3.63) is 0 Å². The second-order valence-electron chi connectivity index (χ2n) is 6.52. The van der Waals surface area contributed by atoms with Gasteiger partial charge in [-0.15, -0.1) is 0 Å². The Morgan fingerprint density at radius 3 is 2.22 bits per heavy atom. The lowest BCUT2D eigenvalue weighted by Gasteiger charge is -2.42. The zero-order valence-corrected chi connectivity index (χ0v) is 14.6. The molecule has 0 unspecified atom stereocenters. The third kappa shape index (κ3) is 5.12. The molecule has 2 aliphatic rings. The Labute approximate surface area is 155 Å². The van der Waals surface area contributed by atoms with Gasteiger partial charge in [-0.2, -0.15) is 0 Å². The summed E-state index contributed by atoms with van der Waals surface area (Å²) in [6.45, 7) is -0.797. The van der Waals surface area contributed by atoms with Gasteiger partial charge >= 0.3 is 0 Å². The molecule has 2 aliphatic heterocycles. The van der Waals surface area contributed by atoms with Gasteiger partial charge in [0, 0.05) is 0 Å². The molecule has 12 heteroatoms. The Morgan fingerprint density at radius 1 is 0.926 bits per heavy atom. The zero-order valence-electron chi connectivity index (χ0n) is 14.6. The summed E-state index contributed by atoms with van der Waals surface area (Å²) in [7, 11) is 0. The highest BCUT2D eigenvalue weighted by Crippen LogP contribution is 2.30. The van der Waals surface area contributed by atoms with Gasteiger partial charge in [-0.05, 0) is 13.0 Å². The molecule has 12 nitrogen and oxygen atoms in total. The van der Waals surface area contributed by atoms with Crippen LogP contribution in [0.25, 0.3) is 0 Å². The molecule has 2 saturated heterocycles. The Morgan fingerprint density at radius 2 is 1.63 bits per heavy atom. The first-order valence-electron chi connectivity index (χ1n) is 8.75. The molecule has 0 aliphatic carbocycles. The maximum Gasteiger partial charge on any atom is 0.187 e. The first-order valence-corrected chi connectivity index (χ1v) is 8.75. The summed E-state index contributed by atoms with van der Waals surface area (Å²) in [5.41, 5.74) is 5.37. The second kappa shape index (κ2) is 10.3. The molecule has 0 amide bonds. The predicted molar refractivity (Wildman–Crippen MR) is 86.0 cm³/mol. The molecule has 9 N–H and O–H groups in total. The Balaban J connectivity index is 2.07. The van der Waals surface area contributed by atoms with Gasteiger partial charge in [-0.3, -0.25) is 0 Å². The molecule has 0 spiro atoms. The average Bonchev–Trinajstić information content (AvgIpc) is 2.94. The van der Waals surface area contributed by atoms with E-state index >= 15 is 0 Å². The molecule has 0 saturated carbocycles. The minimum absolute atomic E-state index is 0.158. The molecule has 2 heterocycles. The summed E-state index contributed by atoms with van der Waals surface area (Å²) in [4.78, 5) is 0. The fraction of sp³-hybridized carbons (Fsp3) is 1.00. The van der Waals surface area contributed by atoms with Gasteiger partial charge in [0.15, 0.2) is 12.6 Å². The Hall–Kier alpha value is -0.480. The van der Waals surface area contributed by atoms with E-state index in [1.807, 2.05) is 0 Å². The van der Waals surface area contributed by atoms with Gasteiger partial charge in [-0.25, -0.2) is 0 Å². The van der Waals surface area contributed by atoms with Gasteiger partial charge in [0.1, 0.15) is 48.8 Å². The van der Waals surface area contributed by atoms with Crippen LogP contribution in [0.5, 0.6) is 0 Å². The van der Waals surface area contributed by atoms with Crippen LogP contribution >= 0.6 is 0 Å². The van der Waals surface area contributed by atoms with Crippen molar-refractivity contribution in [2.45, 2.75) is 67.8 Å². The SMILES string of the molecule is NCCCO[C@@H]1O[C@H](CO)[C@@H](O)[C@H](O[C@H]2O[C@@H]([C@H](O)CO)[C@H](O)[C@H]2O)[C@@H]1O. The van der Waals surface area contributed by atoms with Gasteiger partial charge in [0.2, 0.25) is 0 Å². The average molecular weight is 399 g/mol. The molecule has 0 radical (unpaired) electrons. The summed E-state index contributed by atoms with van der Waals surface area (Å²) in [5.74, 6) is 0. The van der Waals surface area contributed by atoms with E-state index in [9.17, 15) is 30.6 Å². The lowest BCUT2D eigenvalue weighted by molar-refractivity contribution is -0.331. The van der Waals surface area contributed by atoms with Gasteiger partial charge in [-0.1, -0.05) is 0 Å². The van der Waals surface area contributed by atoms with Crippen molar-refractivity contribution in [2.75, 3.05) is 26.4 Å². The van der Waals surface area contributed by atoms with Crippen LogP contribution in [0.4, 0.5) is 0 Å². The highest BCUT2D eigenvalue weighted by Gasteiger charge is 2.52. The molecule has 0 aromatic rings. The number of hydrogen-bond donors (Lipinski definition) is 8. The highest BCUT2D eigenvalue weighted by atomic mass is 16.7. The number of rotatable bonds is 9. The minimum atomic E-state index is -1.61. The maximum atomic E-state index is 10.4. The Kier molecular flexibility index (Phi) is 8.73. The zero-order chi connectivity index (χ0) is 20.1. The number of nitrogens with two attached hydrogens (primary N) is 1. The van der Waals surface area contributed by atoms with E-state index in [2.05, 4.69) is 0 Å². The highest BCUT2D eigenvalue weighted by molar-refractivity contribution is 4.95. The van der Waals surface area contributed by atoms with Crippen molar-refractivity contribution in [3.63, 3.8) is 0 Å². The summed E-state index contributed by atoms with van der Waals surface area (Å²) in [6, 6.07) is 0. The molecule has 0 aromatic carbocycles. The van der Waals surface area contributed by atoms with Gasteiger partial charge in [0.05, 0.1) is 19.8 Å². The van der Waals surface area contributed by atoms with Gasteiger partial charge in [0.25, 0.3) is 0 Å². The number of hydrogen-bond acceptors (Lipinski definition) is 12. The van der Waals surface area contributed by atoms with Crippen LogP contribution in [0.3, 0.4) is 0 Å².